The van der Waals surface area contributed by atoms with E-state index in [2.05, 4.69) is 25.2 Å². The third kappa shape index (κ3) is 4.43. The summed E-state index contributed by atoms with van der Waals surface area (Å²) >= 11 is 0. The van der Waals surface area contributed by atoms with Crippen molar-refractivity contribution in [2.75, 3.05) is 5.32 Å². The van der Waals surface area contributed by atoms with Crippen molar-refractivity contribution in [2.24, 2.45) is 0 Å². The number of benzene rings is 2. The van der Waals surface area contributed by atoms with Crippen molar-refractivity contribution in [1.29, 1.82) is 0 Å². The molecule has 0 saturated carbocycles. The maximum Gasteiger partial charge on any atom is 0.435 e. The molecule has 0 fully saturated rings. The number of hydrogen-bond donors (Lipinski definition) is 1. The fourth-order valence-corrected chi connectivity index (χ4v) is 4.02. The molecule has 1 aliphatic heterocycles. The maximum absolute atomic E-state index is 12.8. The molecule has 5 rings (SSSR count). The summed E-state index contributed by atoms with van der Waals surface area (Å²) in [6, 6.07) is 14.5. The highest BCUT2D eigenvalue weighted by Crippen LogP contribution is 2.28. The molecule has 3 heterocycles. The third-order valence-corrected chi connectivity index (χ3v) is 5.76. The molecule has 174 valence electrons. The van der Waals surface area contributed by atoms with Gasteiger partial charge in [0, 0.05) is 36.0 Å². The highest BCUT2D eigenvalue weighted by Gasteiger charge is 2.33. The summed E-state index contributed by atoms with van der Waals surface area (Å²) in [4.78, 5) is 12.8. The van der Waals surface area contributed by atoms with Gasteiger partial charge in [0.1, 0.15) is 5.82 Å². The largest absolute Gasteiger partial charge is 0.435 e. The van der Waals surface area contributed by atoms with E-state index in [1.165, 1.54) is 12.6 Å². The first-order chi connectivity index (χ1) is 16.4. The molecular weight excluding hydrogens is 445 g/mol. The number of hydrogen-bond acceptors (Lipinski definition) is 4. The van der Waals surface area contributed by atoms with Crippen LogP contribution < -0.4 is 5.32 Å². The number of anilines is 1. The number of fused-ring (bicyclic) bond motifs is 1. The van der Waals surface area contributed by atoms with E-state index in [-0.39, 0.29) is 5.91 Å². The molecule has 2 aromatic heterocycles. The molecule has 1 amide bonds. The Hall–Kier alpha value is -3.95. The molecule has 2 aromatic carbocycles. The number of alkyl halides is 3. The molecule has 4 aromatic rings. The van der Waals surface area contributed by atoms with Crippen LogP contribution in [0.1, 0.15) is 41.1 Å². The second kappa shape index (κ2) is 8.77. The van der Waals surface area contributed by atoms with Gasteiger partial charge in [-0.3, -0.25) is 4.79 Å². The van der Waals surface area contributed by atoms with Crippen LogP contribution >= 0.6 is 0 Å². The van der Waals surface area contributed by atoms with E-state index in [1.807, 2.05) is 18.2 Å². The summed E-state index contributed by atoms with van der Waals surface area (Å²) in [5.41, 5.74) is 1.29. The van der Waals surface area contributed by atoms with Gasteiger partial charge in [0.05, 0.1) is 5.69 Å². The molecule has 1 aliphatic rings. The first kappa shape index (κ1) is 21.9. The Bertz CT molecular complexity index is 1320. The van der Waals surface area contributed by atoms with Gasteiger partial charge in [-0.25, -0.2) is 4.68 Å². The van der Waals surface area contributed by atoms with E-state index in [0.717, 1.165) is 53.8 Å². The van der Waals surface area contributed by atoms with E-state index >= 15 is 0 Å². The molecule has 34 heavy (non-hydrogen) atoms. The molecule has 0 aliphatic carbocycles. The van der Waals surface area contributed by atoms with Gasteiger partial charge in [0.2, 0.25) is 0 Å². The quantitative estimate of drug-likeness (QED) is 0.453. The van der Waals surface area contributed by atoms with Gasteiger partial charge in [-0.05, 0) is 55.3 Å². The lowest BCUT2D eigenvalue weighted by atomic mass is 10.1. The summed E-state index contributed by atoms with van der Waals surface area (Å²) in [7, 11) is 0. The Morgan fingerprint density at radius 1 is 0.971 bits per heavy atom. The summed E-state index contributed by atoms with van der Waals surface area (Å²) in [6.07, 6.45) is 0.994. The standard InChI is InChI=1S/C24H21F3N6O/c25-24(26,27)20-12-14-33(31-20)19-10-8-16(9-11-19)23(34)28-18-6-4-5-17(15-18)22-30-29-21-7-2-1-3-13-32(21)22/h4-6,8-12,14-15H,1-3,7,13H2,(H,28,34). The lowest BCUT2D eigenvalue weighted by molar-refractivity contribution is -0.141. The molecule has 0 bridgehead atoms. The summed E-state index contributed by atoms with van der Waals surface area (Å²) in [6.45, 7) is 0.876. The zero-order chi connectivity index (χ0) is 23.7. The minimum absolute atomic E-state index is 0.333. The maximum atomic E-state index is 12.8. The molecule has 0 saturated heterocycles. The van der Waals surface area contributed by atoms with Crippen LogP contribution in [0.4, 0.5) is 18.9 Å². The van der Waals surface area contributed by atoms with Gasteiger partial charge < -0.3 is 9.88 Å². The number of rotatable bonds is 4. The first-order valence-corrected chi connectivity index (χ1v) is 11.0. The predicted octanol–water partition coefficient (Wildman–Crippen LogP) is 5.13. The van der Waals surface area contributed by atoms with Crippen LogP contribution in [0.25, 0.3) is 17.1 Å². The van der Waals surface area contributed by atoms with E-state index in [4.69, 9.17) is 0 Å². The Morgan fingerprint density at radius 2 is 1.79 bits per heavy atom. The Labute approximate surface area is 193 Å². The predicted molar refractivity (Wildman–Crippen MR) is 120 cm³/mol. The summed E-state index contributed by atoms with van der Waals surface area (Å²) in [5, 5.41) is 15.1. The van der Waals surface area contributed by atoms with Crippen LogP contribution in [0.2, 0.25) is 0 Å². The molecule has 1 N–H and O–H groups in total. The SMILES string of the molecule is O=C(Nc1cccc(-c2nnc3n2CCCCC3)c1)c1ccc(-n2ccc(C(F)(F)F)n2)cc1. The van der Waals surface area contributed by atoms with Gasteiger partial charge >= 0.3 is 6.18 Å². The highest BCUT2D eigenvalue weighted by molar-refractivity contribution is 6.04. The van der Waals surface area contributed by atoms with E-state index < -0.39 is 11.9 Å². The smallest absolute Gasteiger partial charge is 0.322 e. The topological polar surface area (TPSA) is 77.6 Å². The number of aryl methyl sites for hydroxylation is 1. The number of nitrogens with zero attached hydrogens (tertiary/aromatic N) is 5. The molecule has 10 heteroatoms. The van der Waals surface area contributed by atoms with E-state index in [1.54, 1.807) is 30.3 Å². The van der Waals surface area contributed by atoms with Crippen molar-refractivity contribution in [3.05, 3.63) is 77.9 Å². The number of amides is 1. The number of aromatic nitrogens is 5. The normalized spacial score (nSPS) is 13.9. The number of nitrogens with one attached hydrogen (secondary N) is 1. The molecule has 7 nitrogen and oxygen atoms in total. The van der Waals surface area contributed by atoms with Gasteiger partial charge in [-0.1, -0.05) is 18.6 Å². The third-order valence-electron chi connectivity index (χ3n) is 5.76. The zero-order valence-electron chi connectivity index (χ0n) is 18.1. The van der Waals surface area contributed by atoms with Crippen molar-refractivity contribution in [1.82, 2.24) is 24.5 Å². The zero-order valence-corrected chi connectivity index (χ0v) is 18.1. The molecule has 0 radical (unpaired) electrons. The number of carbonyl (C=O) groups excluding carboxylic acids is 1. The van der Waals surface area contributed by atoms with Crippen molar-refractivity contribution in [3.8, 4) is 17.1 Å². The molecular formula is C24H21F3N6O. The van der Waals surface area contributed by atoms with Crippen molar-refractivity contribution >= 4 is 11.6 Å². The fourth-order valence-electron chi connectivity index (χ4n) is 4.02. The Balaban J connectivity index is 1.31. The van der Waals surface area contributed by atoms with Gasteiger partial charge in [0.15, 0.2) is 11.5 Å². The second-order valence-corrected chi connectivity index (χ2v) is 8.13. The van der Waals surface area contributed by atoms with E-state index in [0.29, 0.717) is 16.9 Å². The van der Waals surface area contributed by atoms with Gasteiger partial charge in [0.25, 0.3) is 5.91 Å². The summed E-state index contributed by atoms with van der Waals surface area (Å²) in [5.74, 6) is 1.44. The Morgan fingerprint density at radius 3 is 2.56 bits per heavy atom. The fraction of sp³-hybridized carbons (Fsp3) is 0.250. The number of carbonyl (C=O) groups is 1. The minimum Gasteiger partial charge on any atom is -0.322 e. The lowest BCUT2D eigenvalue weighted by Crippen LogP contribution is -2.12. The van der Waals surface area contributed by atoms with Crippen molar-refractivity contribution < 1.29 is 18.0 Å². The molecule has 0 unspecified atom stereocenters. The second-order valence-electron chi connectivity index (χ2n) is 8.13. The first-order valence-electron chi connectivity index (χ1n) is 11.0. The molecule has 0 atom stereocenters. The average Bonchev–Trinajstić information content (AvgIpc) is 3.42. The van der Waals surface area contributed by atoms with E-state index in [9.17, 15) is 18.0 Å². The van der Waals surface area contributed by atoms with Crippen LogP contribution in [0, 0.1) is 0 Å². The van der Waals surface area contributed by atoms with Gasteiger partial charge in [-0.2, -0.15) is 18.3 Å². The monoisotopic (exact) mass is 466 g/mol. The minimum atomic E-state index is -4.51. The van der Waals surface area contributed by atoms with Crippen LogP contribution in [-0.4, -0.2) is 30.5 Å². The average molecular weight is 466 g/mol. The van der Waals surface area contributed by atoms with Crippen LogP contribution in [-0.2, 0) is 19.1 Å². The lowest BCUT2D eigenvalue weighted by Gasteiger charge is -2.10. The summed E-state index contributed by atoms with van der Waals surface area (Å²) < 4.78 is 41.6. The van der Waals surface area contributed by atoms with Crippen LogP contribution in [0.15, 0.2) is 60.8 Å². The highest BCUT2D eigenvalue weighted by atomic mass is 19.4. The van der Waals surface area contributed by atoms with Crippen molar-refractivity contribution in [2.45, 2.75) is 38.4 Å². The van der Waals surface area contributed by atoms with Gasteiger partial charge in [-0.15, -0.1) is 10.2 Å². The Kier molecular flexibility index (Phi) is 5.64. The number of halogens is 3. The van der Waals surface area contributed by atoms with Crippen LogP contribution in [0.3, 0.4) is 0 Å². The molecule has 0 spiro atoms. The van der Waals surface area contributed by atoms with Crippen LogP contribution in [0.5, 0.6) is 0 Å². The van der Waals surface area contributed by atoms with Crippen molar-refractivity contribution in [3.63, 3.8) is 0 Å².